The minimum Gasteiger partial charge on any atom is -0.394 e. The van der Waals surface area contributed by atoms with Crippen LogP contribution in [-0.4, -0.2) is 45.4 Å². The van der Waals surface area contributed by atoms with Crippen LogP contribution in [-0.2, 0) is 4.74 Å². The van der Waals surface area contributed by atoms with Crippen LogP contribution >= 0.6 is 0 Å². The molecule has 2 N–H and O–H groups in total. The summed E-state index contributed by atoms with van der Waals surface area (Å²) in [5, 5.41) is 15.2. The highest BCUT2D eigenvalue weighted by Gasteiger charge is 1.93. The van der Waals surface area contributed by atoms with Gasteiger partial charge in [-0.2, -0.15) is 0 Å². The lowest BCUT2D eigenvalue weighted by Gasteiger charge is -2.01. The molecule has 0 aliphatic rings. The predicted octanol–water partition coefficient (Wildman–Crippen LogP) is 0.871. The fraction of sp³-hybridized carbons (Fsp3) is 1.00. The van der Waals surface area contributed by atoms with Gasteiger partial charge in [0.1, 0.15) is 0 Å². The summed E-state index contributed by atoms with van der Waals surface area (Å²) in [5.74, 6) is 0. The van der Waals surface area contributed by atoms with E-state index in [1.54, 1.807) is 0 Å². The Morgan fingerprint density at radius 1 is 1.15 bits per heavy atom. The Morgan fingerprint density at radius 2 is 1.69 bits per heavy atom. The highest BCUT2D eigenvalue weighted by atomic mass is 28.3. The van der Waals surface area contributed by atoms with Gasteiger partial charge in [-0.3, -0.25) is 0 Å². The van der Waals surface area contributed by atoms with Crippen molar-refractivity contribution in [1.29, 1.82) is 0 Å². The smallest absolute Gasteiger partial charge is 0.0662 e. The molecule has 0 aromatic rings. The van der Waals surface area contributed by atoms with E-state index in [2.05, 4.69) is 13.1 Å². The minimum absolute atomic E-state index is 0.125. The van der Waals surface area contributed by atoms with Gasteiger partial charge in [-0.25, -0.2) is 0 Å². The molecule has 0 saturated heterocycles. The Morgan fingerprint density at radius 3 is 2.00 bits per heavy atom. The first-order valence-corrected chi connectivity index (χ1v) is 8.11. The molecule has 82 valence electrons. The summed E-state index contributed by atoms with van der Waals surface area (Å²) >= 11 is 0. The first-order chi connectivity index (χ1) is 6.18. The van der Waals surface area contributed by atoms with Crippen LogP contribution in [0.25, 0.3) is 0 Å². The molecule has 0 amide bonds. The van der Waals surface area contributed by atoms with Crippen LogP contribution in [0.3, 0.4) is 0 Å². The molecule has 0 bridgehead atoms. The van der Waals surface area contributed by atoms with Crippen LogP contribution < -0.4 is 0 Å². The van der Waals surface area contributed by atoms with Gasteiger partial charge >= 0.3 is 0 Å². The third kappa shape index (κ3) is 24.5. The lowest BCUT2D eigenvalue weighted by molar-refractivity contribution is 0.148. The molecule has 0 spiro atoms. The summed E-state index contributed by atoms with van der Waals surface area (Å²) in [7, 11) is -0.293. The second-order valence-electron chi connectivity index (χ2n) is 3.18. The first-order valence-electron chi connectivity index (χ1n) is 4.98. The van der Waals surface area contributed by atoms with Crippen molar-refractivity contribution in [3.8, 4) is 0 Å². The van der Waals surface area contributed by atoms with Crippen molar-refractivity contribution in [3.63, 3.8) is 0 Å². The number of ether oxygens (including phenoxy) is 1. The van der Waals surface area contributed by atoms with Crippen LogP contribution in [0.1, 0.15) is 13.3 Å². The summed E-state index contributed by atoms with van der Waals surface area (Å²) < 4.78 is 5.21. The highest BCUT2D eigenvalue weighted by Crippen LogP contribution is 1.96. The molecule has 0 fully saturated rings. The second kappa shape index (κ2) is 14.6. The Bertz CT molecular complexity index is 77.3. The fourth-order valence-electron chi connectivity index (χ4n) is 0.738. The summed E-state index contributed by atoms with van der Waals surface area (Å²) in [6.07, 6.45) is 1.28. The molecule has 0 aromatic heterocycles. The highest BCUT2D eigenvalue weighted by molar-refractivity contribution is 6.55. The lowest BCUT2D eigenvalue weighted by atomic mass is 10.5. The van der Waals surface area contributed by atoms with E-state index in [0.29, 0.717) is 0 Å². The van der Waals surface area contributed by atoms with E-state index < -0.39 is 0 Å². The molecule has 3 nitrogen and oxygen atoms in total. The maximum absolute atomic E-state index is 7.62. The Kier molecular flexibility index (Phi) is 17.5. The maximum Gasteiger partial charge on any atom is 0.0662 e. The van der Waals surface area contributed by atoms with E-state index in [1.807, 2.05) is 6.92 Å². The zero-order valence-corrected chi connectivity index (χ0v) is 10.3. The Labute approximate surface area is 83.3 Å². The van der Waals surface area contributed by atoms with E-state index in [0.717, 1.165) is 13.2 Å². The molecular formula is C9H24O3Si. The third-order valence-electron chi connectivity index (χ3n) is 1.37. The lowest BCUT2D eigenvalue weighted by Crippen LogP contribution is -2.01. The molecule has 0 aliphatic carbocycles. The quantitative estimate of drug-likeness (QED) is 0.503. The summed E-state index contributed by atoms with van der Waals surface area (Å²) in [6, 6.07) is 1.43. The third-order valence-corrected chi connectivity index (χ3v) is 2.94. The molecule has 0 aromatic carbocycles. The van der Waals surface area contributed by atoms with E-state index in [-0.39, 0.29) is 22.0 Å². The molecule has 0 saturated carbocycles. The molecule has 13 heavy (non-hydrogen) atoms. The monoisotopic (exact) mass is 208 g/mol. The predicted molar refractivity (Wildman–Crippen MR) is 59.0 cm³/mol. The molecule has 0 unspecified atom stereocenters. The van der Waals surface area contributed by atoms with Gasteiger partial charge in [0, 0.05) is 22.0 Å². The van der Waals surface area contributed by atoms with E-state index in [9.17, 15) is 0 Å². The second-order valence-corrected chi connectivity index (χ2v) is 6.55. The van der Waals surface area contributed by atoms with Crippen molar-refractivity contribution in [2.75, 3.05) is 26.4 Å². The molecule has 0 rings (SSSR count). The van der Waals surface area contributed by atoms with Gasteiger partial charge in [0.15, 0.2) is 0 Å². The standard InChI is InChI=1S/C7H18OSi.C2H6O2/c1-4-8-6-5-7-9(2)3;3-1-2-4/h9H,4-7H2,1-3H3;3-4H,1-2H2. The van der Waals surface area contributed by atoms with Crippen LogP contribution in [0.4, 0.5) is 0 Å². The van der Waals surface area contributed by atoms with Crippen molar-refractivity contribution >= 4 is 8.80 Å². The van der Waals surface area contributed by atoms with Crippen LogP contribution in [0, 0.1) is 0 Å². The minimum atomic E-state index is -0.293. The van der Waals surface area contributed by atoms with Gasteiger partial charge in [-0.05, 0) is 13.3 Å². The number of hydrogen-bond acceptors (Lipinski definition) is 3. The van der Waals surface area contributed by atoms with Gasteiger partial charge in [-0.1, -0.05) is 19.1 Å². The summed E-state index contributed by atoms with van der Waals surface area (Å²) in [4.78, 5) is 0. The molecule has 0 heterocycles. The average molecular weight is 208 g/mol. The fourth-order valence-corrected chi connectivity index (χ4v) is 1.72. The van der Waals surface area contributed by atoms with Crippen LogP contribution in [0.5, 0.6) is 0 Å². The topological polar surface area (TPSA) is 49.7 Å². The molecule has 4 heteroatoms. The van der Waals surface area contributed by atoms with Crippen molar-refractivity contribution in [3.05, 3.63) is 0 Å². The Balaban J connectivity index is 0. The normalized spacial score (nSPS) is 9.69. The number of aliphatic hydroxyl groups is 2. The number of rotatable bonds is 6. The Hall–Kier alpha value is 0.0969. The van der Waals surface area contributed by atoms with Crippen LogP contribution in [0.15, 0.2) is 0 Å². The largest absolute Gasteiger partial charge is 0.394 e. The summed E-state index contributed by atoms with van der Waals surface area (Å²) in [6.45, 7) is 8.41. The van der Waals surface area contributed by atoms with Gasteiger partial charge in [0.25, 0.3) is 0 Å². The van der Waals surface area contributed by atoms with Gasteiger partial charge in [0.05, 0.1) is 13.2 Å². The van der Waals surface area contributed by atoms with Crippen LogP contribution in [0.2, 0.25) is 19.1 Å². The number of aliphatic hydroxyl groups excluding tert-OH is 2. The molecule has 0 atom stereocenters. The zero-order valence-electron chi connectivity index (χ0n) is 9.12. The number of hydrogen-bond donors (Lipinski definition) is 2. The average Bonchev–Trinajstić information content (AvgIpc) is 2.13. The van der Waals surface area contributed by atoms with Gasteiger partial charge in [0.2, 0.25) is 0 Å². The summed E-state index contributed by atoms with van der Waals surface area (Å²) in [5.41, 5.74) is 0. The van der Waals surface area contributed by atoms with Crippen molar-refractivity contribution in [1.82, 2.24) is 0 Å². The molecular weight excluding hydrogens is 184 g/mol. The van der Waals surface area contributed by atoms with Gasteiger partial charge in [-0.15, -0.1) is 0 Å². The van der Waals surface area contributed by atoms with E-state index >= 15 is 0 Å². The zero-order chi connectivity index (χ0) is 10.5. The first kappa shape index (κ1) is 15.6. The molecule has 0 aliphatic heterocycles. The van der Waals surface area contributed by atoms with E-state index in [1.165, 1.54) is 12.5 Å². The SMILES string of the molecule is CCOCCC[SiH](C)C.OCCO. The maximum atomic E-state index is 7.62. The van der Waals surface area contributed by atoms with Crippen molar-refractivity contribution in [2.24, 2.45) is 0 Å². The van der Waals surface area contributed by atoms with Gasteiger partial charge < -0.3 is 14.9 Å². The van der Waals surface area contributed by atoms with Crippen molar-refractivity contribution < 1.29 is 14.9 Å². The van der Waals surface area contributed by atoms with Crippen molar-refractivity contribution in [2.45, 2.75) is 32.5 Å². The molecule has 0 radical (unpaired) electrons. The van der Waals surface area contributed by atoms with E-state index in [4.69, 9.17) is 14.9 Å².